The average molecular weight is 980 g/mol. The van der Waals surface area contributed by atoms with E-state index >= 15 is 0 Å². The quantitative estimate of drug-likeness (QED) is 0.0105. The molecular formula is C50H61F4N7O7S. The second-order valence-electron chi connectivity index (χ2n) is 16.8. The van der Waals surface area contributed by atoms with E-state index in [0.717, 1.165) is 28.3 Å². The van der Waals surface area contributed by atoms with Crippen LogP contribution in [0.3, 0.4) is 0 Å². The number of amides is 1. The smallest absolute Gasteiger partial charge is 0.406 e. The molecular weight excluding hydrogens is 919 g/mol. The fourth-order valence-electron chi connectivity index (χ4n) is 8.03. The van der Waals surface area contributed by atoms with Crippen molar-refractivity contribution in [3.63, 3.8) is 0 Å². The number of phenols is 1. The summed E-state index contributed by atoms with van der Waals surface area (Å²) in [6.07, 6.45) is 0.729. The van der Waals surface area contributed by atoms with Crippen LogP contribution in [0, 0.1) is 13.8 Å². The zero-order valence-electron chi connectivity index (χ0n) is 39.2. The van der Waals surface area contributed by atoms with E-state index in [1.165, 1.54) is 33.0 Å². The van der Waals surface area contributed by atoms with Gasteiger partial charge in [0.2, 0.25) is 0 Å². The number of ether oxygens (including phenoxy) is 3. The third kappa shape index (κ3) is 15.5. The molecule has 19 heteroatoms. The van der Waals surface area contributed by atoms with Crippen molar-refractivity contribution in [3.8, 4) is 16.9 Å². The minimum Gasteiger partial charge on any atom is -0.506 e. The topological polar surface area (TPSA) is 157 Å². The van der Waals surface area contributed by atoms with Gasteiger partial charge in [0.15, 0.2) is 6.61 Å². The number of piperidine rings is 1. The van der Waals surface area contributed by atoms with Crippen LogP contribution >= 0.6 is 11.8 Å². The SMILES string of the molecule is C=C/C(=C\C(=C)Cn1cc(-c2c(C)noc2C)ccc1=O)OCC(=O)NCCOCCOCCSc1ccc(NCCCc2cc3c(NC4CCN(C)CC4F)cccc3n2CC(F)(F)F)c(O)c1. The summed E-state index contributed by atoms with van der Waals surface area (Å²) >= 11 is 1.51. The molecule has 0 spiro atoms. The van der Waals surface area contributed by atoms with Crippen LogP contribution in [0.4, 0.5) is 28.9 Å². The van der Waals surface area contributed by atoms with E-state index in [1.807, 2.05) is 31.9 Å². The van der Waals surface area contributed by atoms with Crippen LogP contribution in [-0.4, -0.2) is 121 Å². The largest absolute Gasteiger partial charge is 0.506 e. The molecule has 0 saturated carbocycles. The van der Waals surface area contributed by atoms with Gasteiger partial charge < -0.3 is 53.8 Å². The highest BCUT2D eigenvalue weighted by Crippen LogP contribution is 2.33. The van der Waals surface area contributed by atoms with Crippen LogP contribution in [-0.2, 0) is 38.5 Å². The summed E-state index contributed by atoms with van der Waals surface area (Å²) < 4.78 is 81.0. The van der Waals surface area contributed by atoms with Gasteiger partial charge in [-0.2, -0.15) is 13.2 Å². The Hall–Kier alpha value is -6.02. The summed E-state index contributed by atoms with van der Waals surface area (Å²) in [5.74, 6) is 1.31. The van der Waals surface area contributed by atoms with Gasteiger partial charge >= 0.3 is 6.18 Å². The number of hydrogen-bond donors (Lipinski definition) is 4. The molecule has 2 unspecified atom stereocenters. The summed E-state index contributed by atoms with van der Waals surface area (Å²) in [4.78, 5) is 27.7. The standard InChI is InChI=1S/C50H61F4N7O7S/c1-6-38(25-33(2)28-60-29-36(12-15-48(60)64)49-34(3)58-68-35(49)4)67-31-47(63)56-18-20-65-21-22-66-23-24-69-39-13-14-44(46(62)27-39)55-17-8-9-37-26-40-42(57-43-16-19-59(5)30-41(43)51)10-7-11-45(40)61(37)32-50(52,53)54/h6-7,10-15,25-27,29,41,43,55,57,62H,1-2,8-9,16-24,28,30-32H2,3-5H3,(H,56,63)/b38-25+. The molecule has 6 rings (SSSR count). The van der Waals surface area contributed by atoms with Crippen LogP contribution in [0.15, 0.2) is 112 Å². The second kappa shape index (κ2) is 25.0. The highest BCUT2D eigenvalue weighted by atomic mass is 32.2. The van der Waals surface area contributed by atoms with Gasteiger partial charge in [-0.3, -0.25) is 9.59 Å². The molecule has 372 valence electrons. The number of aromatic hydroxyl groups is 1. The third-order valence-electron chi connectivity index (χ3n) is 11.4. The molecule has 1 fully saturated rings. The molecule has 2 atom stereocenters. The van der Waals surface area contributed by atoms with E-state index in [0.29, 0.717) is 103 Å². The molecule has 1 aliphatic rings. The third-order valence-corrected chi connectivity index (χ3v) is 12.3. The van der Waals surface area contributed by atoms with E-state index in [1.54, 1.807) is 54.7 Å². The monoisotopic (exact) mass is 979 g/mol. The molecule has 1 saturated heterocycles. The maximum Gasteiger partial charge on any atom is 0.406 e. The molecule has 69 heavy (non-hydrogen) atoms. The highest BCUT2D eigenvalue weighted by Gasteiger charge is 2.31. The number of aromatic nitrogens is 3. The molecule has 4 heterocycles. The van der Waals surface area contributed by atoms with Gasteiger partial charge in [0.05, 0.1) is 55.9 Å². The Morgan fingerprint density at radius 2 is 1.86 bits per heavy atom. The lowest BCUT2D eigenvalue weighted by Crippen LogP contribution is -2.46. The number of phenolic OH excluding ortho intramolecular Hbond substituents is 1. The molecule has 0 aliphatic carbocycles. The van der Waals surface area contributed by atoms with Crippen molar-refractivity contribution in [1.29, 1.82) is 0 Å². The van der Waals surface area contributed by atoms with Crippen molar-refractivity contribution in [3.05, 3.63) is 125 Å². The number of allylic oxidation sites excluding steroid dienone is 3. The van der Waals surface area contributed by atoms with Gasteiger partial charge in [-0.1, -0.05) is 24.4 Å². The van der Waals surface area contributed by atoms with Gasteiger partial charge in [-0.15, -0.1) is 11.8 Å². The predicted octanol–water partition coefficient (Wildman–Crippen LogP) is 8.43. The normalized spacial score (nSPS) is 15.6. The summed E-state index contributed by atoms with van der Waals surface area (Å²) in [5.41, 5.74) is 4.80. The first kappa shape index (κ1) is 52.4. The number of thioether (sulfide) groups is 1. The Kier molecular flexibility index (Phi) is 19.0. The van der Waals surface area contributed by atoms with Crippen LogP contribution in [0.1, 0.15) is 30.0 Å². The van der Waals surface area contributed by atoms with Crippen molar-refractivity contribution in [2.75, 3.05) is 82.6 Å². The van der Waals surface area contributed by atoms with E-state index in [4.69, 9.17) is 18.7 Å². The number of hydrogen-bond acceptors (Lipinski definition) is 12. The molecule has 14 nitrogen and oxygen atoms in total. The van der Waals surface area contributed by atoms with Gasteiger partial charge in [0, 0.05) is 77.0 Å². The zero-order chi connectivity index (χ0) is 49.5. The number of nitrogens with one attached hydrogen (secondary N) is 3. The molecule has 3 aromatic heterocycles. The Morgan fingerprint density at radius 3 is 2.58 bits per heavy atom. The zero-order valence-corrected chi connectivity index (χ0v) is 40.0. The number of pyridine rings is 1. The number of nitrogens with zero attached hydrogens (tertiary/aromatic N) is 4. The van der Waals surface area contributed by atoms with Crippen LogP contribution in [0.5, 0.6) is 5.75 Å². The van der Waals surface area contributed by atoms with Crippen molar-refractivity contribution >= 4 is 39.9 Å². The van der Waals surface area contributed by atoms with Crippen molar-refractivity contribution in [1.82, 2.24) is 24.5 Å². The minimum atomic E-state index is -4.43. The number of carbonyl (C=O) groups is 1. The van der Waals surface area contributed by atoms with E-state index in [-0.39, 0.29) is 43.5 Å². The number of benzene rings is 2. The predicted molar refractivity (Wildman–Crippen MR) is 262 cm³/mol. The number of likely N-dealkylation sites (tertiary alicyclic amines) is 1. The molecule has 1 aliphatic heterocycles. The molecule has 4 N–H and O–H groups in total. The number of carbonyl (C=O) groups excluding carboxylic acids is 1. The minimum absolute atomic E-state index is 0.0564. The molecule has 0 bridgehead atoms. The van der Waals surface area contributed by atoms with Crippen molar-refractivity contribution in [2.45, 2.75) is 69.5 Å². The number of halogens is 4. The maximum atomic E-state index is 14.8. The van der Waals surface area contributed by atoms with Crippen molar-refractivity contribution < 1.29 is 46.2 Å². The van der Waals surface area contributed by atoms with Crippen LogP contribution in [0.2, 0.25) is 0 Å². The number of rotatable bonds is 26. The van der Waals surface area contributed by atoms with Crippen molar-refractivity contribution in [2.24, 2.45) is 0 Å². The van der Waals surface area contributed by atoms with E-state index in [9.17, 15) is 32.3 Å². The number of fused-ring (bicyclic) bond motifs is 1. The van der Waals surface area contributed by atoms with Crippen LogP contribution in [0.25, 0.3) is 22.0 Å². The summed E-state index contributed by atoms with van der Waals surface area (Å²) in [6.45, 7) is 13.3. The Labute approximate surface area is 403 Å². The highest BCUT2D eigenvalue weighted by molar-refractivity contribution is 7.99. The van der Waals surface area contributed by atoms with Gasteiger partial charge in [0.25, 0.3) is 11.5 Å². The van der Waals surface area contributed by atoms with Gasteiger partial charge in [0.1, 0.15) is 30.0 Å². The molecule has 0 radical (unpaired) electrons. The van der Waals surface area contributed by atoms with Gasteiger partial charge in [-0.25, -0.2) is 4.39 Å². The average Bonchev–Trinajstić information content (AvgIpc) is 3.83. The number of alkyl halides is 4. The molecule has 2 aromatic carbocycles. The first-order valence-corrected chi connectivity index (χ1v) is 23.7. The van der Waals surface area contributed by atoms with E-state index < -0.39 is 24.9 Å². The van der Waals surface area contributed by atoms with Crippen LogP contribution < -0.4 is 21.5 Å². The molecule has 1 amide bonds. The summed E-state index contributed by atoms with van der Waals surface area (Å²) in [5, 5.41) is 24.5. The van der Waals surface area contributed by atoms with E-state index in [2.05, 4.69) is 34.3 Å². The number of anilines is 2. The Bertz CT molecular complexity index is 2610. The summed E-state index contributed by atoms with van der Waals surface area (Å²) in [6, 6.07) is 15.0. The fourth-order valence-corrected chi connectivity index (χ4v) is 8.82. The lowest BCUT2D eigenvalue weighted by molar-refractivity contribution is -0.140. The second-order valence-corrected chi connectivity index (χ2v) is 18.0. The lowest BCUT2D eigenvalue weighted by atomic mass is 10.0. The summed E-state index contributed by atoms with van der Waals surface area (Å²) in [7, 11) is 1.87. The molecule has 5 aromatic rings. The number of aryl methyl sites for hydroxylation is 3. The Morgan fingerprint density at radius 1 is 1.06 bits per heavy atom. The first-order valence-electron chi connectivity index (χ1n) is 22.8. The lowest BCUT2D eigenvalue weighted by Gasteiger charge is -2.33. The Balaban J connectivity index is 0.833. The first-order chi connectivity index (χ1) is 33.1. The maximum absolute atomic E-state index is 14.8. The fraction of sp³-hybridized carbons (Fsp3) is 0.420. The van der Waals surface area contributed by atoms with Gasteiger partial charge in [-0.05, 0) is 100 Å².